The molecular weight excluding hydrogens is 246 g/mol. The Morgan fingerprint density at radius 2 is 2.22 bits per heavy atom. The number of benzene rings is 1. The molecule has 1 spiro atoms. The summed E-state index contributed by atoms with van der Waals surface area (Å²) in [5.41, 5.74) is 7.16. The van der Waals surface area contributed by atoms with Crippen LogP contribution in [0.25, 0.3) is 0 Å². The molecule has 1 aromatic carbocycles. The highest BCUT2D eigenvalue weighted by Gasteiger charge is 2.50. The smallest absolute Gasteiger partial charge is 0.196 e. The summed E-state index contributed by atoms with van der Waals surface area (Å²) in [5.74, 6) is 1.20. The second kappa shape index (κ2) is 4.16. The van der Waals surface area contributed by atoms with Crippen molar-refractivity contribution in [2.75, 3.05) is 11.4 Å². The molecule has 1 aliphatic heterocycles. The predicted octanol–water partition coefficient (Wildman–Crippen LogP) is 3.03. The summed E-state index contributed by atoms with van der Waals surface area (Å²) in [6, 6.07) is 7.89. The van der Waals surface area contributed by atoms with E-state index in [0.29, 0.717) is 11.9 Å². The number of para-hydroxylation sites is 1. The third kappa shape index (κ3) is 1.53. The minimum atomic E-state index is 0.0507. The van der Waals surface area contributed by atoms with Gasteiger partial charge in [-0.1, -0.05) is 37.1 Å². The summed E-state index contributed by atoms with van der Waals surface area (Å²) in [4.78, 5) is 6.66. The van der Waals surface area contributed by atoms with E-state index >= 15 is 0 Å². The van der Waals surface area contributed by atoms with Crippen LogP contribution in [0.4, 0.5) is 5.69 Å². The fraction of sp³-hybridized carbons (Fsp3) is 0.500. The van der Waals surface area contributed by atoms with E-state index in [4.69, 9.17) is 17.3 Å². The molecule has 1 heterocycles. The van der Waals surface area contributed by atoms with E-state index in [0.717, 1.165) is 23.7 Å². The van der Waals surface area contributed by atoms with Crippen molar-refractivity contribution in [2.24, 2.45) is 16.6 Å². The summed E-state index contributed by atoms with van der Waals surface area (Å²) >= 11 is 6.33. The zero-order valence-corrected chi connectivity index (χ0v) is 11.3. The number of aliphatic imine (C=N–C) groups is 1. The zero-order valence-electron chi connectivity index (χ0n) is 10.6. The first-order chi connectivity index (χ1) is 8.65. The molecule has 1 aliphatic carbocycles. The van der Waals surface area contributed by atoms with Crippen molar-refractivity contribution in [1.82, 2.24) is 0 Å². The first-order valence-electron chi connectivity index (χ1n) is 6.50. The highest BCUT2D eigenvalue weighted by molar-refractivity contribution is 6.34. The lowest BCUT2D eigenvalue weighted by Crippen LogP contribution is -2.53. The van der Waals surface area contributed by atoms with Gasteiger partial charge in [0.05, 0.1) is 22.8 Å². The molecule has 0 radical (unpaired) electrons. The van der Waals surface area contributed by atoms with Crippen molar-refractivity contribution in [3.05, 3.63) is 29.3 Å². The largest absolute Gasteiger partial charge is 0.369 e. The van der Waals surface area contributed by atoms with Crippen molar-refractivity contribution >= 4 is 23.2 Å². The SMILES string of the molecule is CC1CCCC12CN=C(N)N2c1ccccc1Cl. The Balaban J connectivity index is 2.08. The Labute approximate surface area is 113 Å². The summed E-state index contributed by atoms with van der Waals surface area (Å²) in [6.45, 7) is 3.09. The van der Waals surface area contributed by atoms with Gasteiger partial charge in [-0.2, -0.15) is 0 Å². The van der Waals surface area contributed by atoms with E-state index in [1.165, 1.54) is 12.8 Å². The fourth-order valence-electron chi connectivity index (χ4n) is 3.38. The van der Waals surface area contributed by atoms with Gasteiger partial charge in [0.1, 0.15) is 0 Å². The van der Waals surface area contributed by atoms with Crippen LogP contribution in [0.1, 0.15) is 26.2 Å². The van der Waals surface area contributed by atoms with E-state index in [1.54, 1.807) is 0 Å². The summed E-state index contributed by atoms with van der Waals surface area (Å²) < 4.78 is 0. The molecule has 1 saturated carbocycles. The quantitative estimate of drug-likeness (QED) is 0.846. The molecule has 0 bridgehead atoms. The van der Waals surface area contributed by atoms with Crippen LogP contribution in [0, 0.1) is 5.92 Å². The predicted molar refractivity (Wildman–Crippen MR) is 76.2 cm³/mol. The molecular formula is C14H18ClN3. The molecule has 2 N–H and O–H groups in total. The molecule has 2 aliphatic rings. The highest BCUT2D eigenvalue weighted by atomic mass is 35.5. The maximum Gasteiger partial charge on any atom is 0.196 e. The van der Waals surface area contributed by atoms with E-state index in [2.05, 4.69) is 16.8 Å². The molecule has 3 rings (SSSR count). The lowest BCUT2D eigenvalue weighted by molar-refractivity contribution is 0.365. The molecule has 2 atom stereocenters. The normalized spacial score (nSPS) is 31.1. The van der Waals surface area contributed by atoms with Gasteiger partial charge in [0.2, 0.25) is 0 Å². The maximum absolute atomic E-state index is 6.33. The van der Waals surface area contributed by atoms with Gasteiger partial charge in [0.15, 0.2) is 5.96 Å². The van der Waals surface area contributed by atoms with Crippen molar-refractivity contribution in [3.8, 4) is 0 Å². The third-order valence-electron chi connectivity index (χ3n) is 4.45. The zero-order chi connectivity index (χ0) is 12.8. The fourth-order valence-corrected chi connectivity index (χ4v) is 3.60. The Kier molecular flexibility index (Phi) is 2.74. The van der Waals surface area contributed by atoms with E-state index in [-0.39, 0.29) is 5.54 Å². The Morgan fingerprint density at radius 1 is 1.44 bits per heavy atom. The van der Waals surface area contributed by atoms with Crippen molar-refractivity contribution in [3.63, 3.8) is 0 Å². The van der Waals surface area contributed by atoms with Gasteiger partial charge in [0, 0.05) is 0 Å². The molecule has 18 heavy (non-hydrogen) atoms. The van der Waals surface area contributed by atoms with Gasteiger partial charge in [-0.25, -0.2) is 0 Å². The van der Waals surface area contributed by atoms with Gasteiger partial charge in [0.25, 0.3) is 0 Å². The summed E-state index contributed by atoms with van der Waals surface area (Å²) in [7, 11) is 0. The second-order valence-corrected chi connectivity index (χ2v) is 5.77. The van der Waals surface area contributed by atoms with E-state index in [1.807, 2.05) is 24.3 Å². The van der Waals surface area contributed by atoms with Crippen LogP contribution >= 0.6 is 11.6 Å². The molecule has 4 heteroatoms. The number of hydrogen-bond acceptors (Lipinski definition) is 3. The minimum absolute atomic E-state index is 0.0507. The molecule has 1 aromatic rings. The molecule has 0 saturated heterocycles. The minimum Gasteiger partial charge on any atom is -0.369 e. The van der Waals surface area contributed by atoms with Gasteiger partial charge in [-0.05, 0) is 30.9 Å². The molecule has 1 fully saturated rings. The number of rotatable bonds is 1. The van der Waals surface area contributed by atoms with Crippen LogP contribution in [0.15, 0.2) is 29.3 Å². The standard InChI is InChI=1S/C14H18ClN3/c1-10-5-4-8-14(10)9-17-13(16)18(14)12-7-3-2-6-11(12)15/h2-3,6-7,10H,4-5,8-9H2,1H3,(H2,16,17). The molecule has 0 amide bonds. The van der Waals surface area contributed by atoms with Crippen LogP contribution in [-0.4, -0.2) is 18.0 Å². The van der Waals surface area contributed by atoms with Crippen LogP contribution in [0.3, 0.4) is 0 Å². The Morgan fingerprint density at radius 3 is 2.89 bits per heavy atom. The first kappa shape index (κ1) is 11.8. The summed E-state index contributed by atoms with van der Waals surface area (Å²) in [5, 5.41) is 0.746. The monoisotopic (exact) mass is 263 g/mol. The highest BCUT2D eigenvalue weighted by Crippen LogP contribution is 2.46. The average Bonchev–Trinajstić information content (AvgIpc) is 2.87. The van der Waals surface area contributed by atoms with Gasteiger partial charge in [-0.15, -0.1) is 0 Å². The topological polar surface area (TPSA) is 41.6 Å². The van der Waals surface area contributed by atoms with E-state index < -0.39 is 0 Å². The van der Waals surface area contributed by atoms with E-state index in [9.17, 15) is 0 Å². The van der Waals surface area contributed by atoms with Crippen molar-refractivity contribution in [1.29, 1.82) is 0 Å². The van der Waals surface area contributed by atoms with Crippen LogP contribution in [-0.2, 0) is 0 Å². The van der Waals surface area contributed by atoms with Crippen LogP contribution in [0.2, 0.25) is 5.02 Å². The molecule has 3 nitrogen and oxygen atoms in total. The molecule has 0 aromatic heterocycles. The number of guanidine groups is 1. The Bertz CT molecular complexity index is 500. The Hall–Kier alpha value is -1.22. The second-order valence-electron chi connectivity index (χ2n) is 5.36. The number of nitrogens with two attached hydrogens (primary N) is 1. The number of anilines is 1. The van der Waals surface area contributed by atoms with Gasteiger partial charge < -0.3 is 10.6 Å². The average molecular weight is 264 g/mol. The third-order valence-corrected chi connectivity index (χ3v) is 4.77. The maximum atomic E-state index is 6.33. The van der Waals surface area contributed by atoms with Gasteiger partial charge in [-0.3, -0.25) is 4.99 Å². The number of halogens is 1. The van der Waals surface area contributed by atoms with Gasteiger partial charge >= 0.3 is 0 Å². The number of hydrogen-bond donors (Lipinski definition) is 1. The lowest BCUT2D eigenvalue weighted by atomic mass is 9.87. The van der Waals surface area contributed by atoms with Crippen molar-refractivity contribution < 1.29 is 0 Å². The van der Waals surface area contributed by atoms with Crippen molar-refractivity contribution in [2.45, 2.75) is 31.7 Å². The van der Waals surface area contributed by atoms with Crippen LogP contribution in [0.5, 0.6) is 0 Å². The molecule has 96 valence electrons. The number of nitrogens with zero attached hydrogens (tertiary/aromatic N) is 2. The van der Waals surface area contributed by atoms with Crippen LogP contribution < -0.4 is 10.6 Å². The lowest BCUT2D eigenvalue weighted by Gasteiger charge is -2.40. The molecule has 2 unspecified atom stereocenters. The summed E-state index contributed by atoms with van der Waals surface area (Å²) in [6.07, 6.45) is 3.62. The first-order valence-corrected chi connectivity index (χ1v) is 6.88.